The first kappa shape index (κ1) is 16.2. The van der Waals surface area contributed by atoms with Crippen LogP contribution in [0.4, 0.5) is 0 Å². The number of hydrogen-bond donors (Lipinski definition) is 2. The monoisotopic (exact) mass is 308 g/mol. The summed E-state index contributed by atoms with van der Waals surface area (Å²) in [5.74, 6) is 1.25. The number of rotatable bonds is 6. The van der Waals surface area contributed by atoms with Crippen LogP contribution in [0.25, 0.3) is 0 Å². The van der Waals surface area contributed by atoms with E-state index in [4.69, 9.17) is 0 Å². The predicted molar refractivity (Wildman–Crippen MR) is 86.8 cm³/mol. The van der Waals surface area contributed by atoms with Crippen LogP contribution in [0.15, 0.2) is 30.3 Å². The molecule has 21 heavy (non-hydrogen) atoms. The van der Waals surface area contributed by atoms with E-state index in [9.17, 15) is 9.00 Å². The molecule has 1 heterocycles. The molecule has 116 valence electrons. The van der Waals surface area contributed by atoms with Gasteiger partial charge in [-0.15, -0.1) is 0 Å². The molecule has 1 saturated heterocycles. The van der Waals surface area contributed by atoms with Crippen molar-refractivity contribution in [2.24, 2.45) is 0 Å². The third kappa shape index (κ3) is 3.92. The fourth-order valence-electron chi connectivity index (χ4n) is 2.85. The van der Waals surface area contributed by atoms with Crippen LogP contribution in [0.2, 0.25) is 0 Å². The summed E-state index contributed by atoms with van der Waals surface area (Å²) in [6, 6.07) is 10.0. The van der Waals surface area contributed by atoms with Gasteiger partial charge in [0, 0.05) is 28.9 Å². The minimum atomic E-state index is -0.833. The molecule has 0 bridgehead atoms. The zero-order valence-corrected chi connectivity index (χ0v) is 13.4. The van der Waals surface area contributed by atoms with Crippen molar-refractivity contribution in [3.8, 4) is 0 Å². The second-order valence-electron chi connectivity index (χ2n) is 5.39. The quantitative estimate of drug-likeness (QED) is 0.830. The van der Waals surface area contributed by atoms with Crippen LogP contribution in [-0.4, -0.2) is 41.3 Å². The molecule has 0 aliphatic carbocycles. The number of carbonyl (C=O) groups excluding carboxylic acids is 1. The normalized spacial score (nSPS) is 18.9. The number of piperidine rings is 1. The SMILES string of the molecule is CCS(=O)CCNC(=O)C1(c2ccccc2)CCNCC1. The minimum Gasteiger partial charge on any atom is -0.354 e. The second-order valence-corrected chi connectivity index (χ2v) is 7.25. The van der Waals surface area contributed by atoms with Gasteiger partial charge in [-0.3, -0.25) is 9.00 Å². The topological polar surface area (TPSA) is 58.2 Å². The van der Waals surface area contributed by atoms with E-state index in [0.717, 1.165) is 31.5 Å². The Morgan fingerprint density at radius 3 is 2.57 bits per heavy atom. The number of amides is 1. The molecule has 0 radical (unpaired) electrons. The van der Waals surface area contributed by atoms with Crippen molar-refractivity contribution in [1.82, 2.24) is 10.6 Å². The Balaban J connectivity index is 2.09. The largest absolute Gasteiger partial charge is 0.354 e. The van der Waals surface area contributed by atoms with Crippen LogP contribution in [0, 0.1) is 0 Å². The smallest absolute Gasteiger partial charge is 0.230 e. The van der Waals surface area contributed by atoms with Crippen LogP contribution in [0.3, 0.4) is 0 Å². The lowest BCUT2D eigenvalue weighted by Gasteiger charge is -2.36. The first-order valence-corrected chi connectivity index (χ1v) is 9.07. The van der Waals surface area contributed by atoms with Gasteiger partial charge in [0.1, 0.15) is 0 Å². The Bertz CT molecular complexity index is 484. The van der Waals surface area contributed by atoms with Gasteiger partial charge in [-0.1, -0.05) is 37.3 Å². The van der Waals surface area contributed by atoms with Crippen molar-refractivity contribution >= 4 is 16.7 Å². The molecular weight excluding hydrogens is 284 g/mol. The molecule has 1 aromatic rings. The molecule has 0 aromatic heterocycles. The number of hydrogen-bond acceptors (Lipinski definition) is 3. The fourth-order valence-corrected chi connectivity index (χ4v) is 3.47. The average Bonchev–Trinajstić information content (AvgIpc) is 2.56. The molecule has 1 amide bonds. The summed E-state index contributed by atoms with van der Waals surface area (Å²) in [6.45, 7) is 4.09. The maximum atomic E-state index is 12.8. The first-order valence-electron chi connectivity index (χ1n) is 7.58. The average molecular weight is 308 g/mol. The molecule has 1 unspecified atom stereocenters. The lowest BCUT2D eigenvalue weighted by molar-refractivity contribution is -0.127. The van der Waals surface area contributed by atoms with Crippen LogP contribution < -0.4 is 10.6 Å². The van der Waals surface area contributed by atoms with Gasteiger partial charge in [-0.05, 0) is 31.5 Å². The van der Waals surface area contributed by atoms with Crippen LogP contribution in [-0.2, 0) is 21.0 Å². The highest BCUT2D eigenvalue weighted by Gasteiger charge is 2.40. The van der Waals surface area contributed by atoms with Gasteiger partial charge in [0.05, 0.1) is 5.41 Å². The number of nitrogens with one attached hydrogen (secondary N) is 2. The molecule has 1 aliphatic heterocycles. The second kappa shape index (κ2) is 7.71. The Hall–Kier alpha value is -1.20. The van der Waals surface area contributed by atoms with Crippen molar-refractivity contribution in [1.29, 1.82) is 0 Å². The highest BCUT2D eigenvalue weighted by molar-refractivity contribution is 7.84. The summed E-state index contributed by atoms with van der Waals surface area (Å²) in [5.41, 5.74) is 0.640. The van der Waals surface area contributed by atoms with Crippen LogP contribution in [0.5, 0.6) is 0 Å². The van der Waals surface area contributed by atoms with E-state index >= 15 is 0 Å². The highest BCUT2D eigenvalue weighted by Crippen LogP contribution is 2.33. The van der Waals surface area contributed by atoms with Gasteiger partial charge in [0.25, 0.3) is 0 Å². The Labute approximate surface area is 129 Å². The zero-order chi connectivity index (χ0) is 15.1. The van der Waals surface area contributed by atoms with Gasteiger partial charge < -0.3 is 10.6 Å². The third-order valence-corrected chi connectivity index (χ3v) is 5.46. The number of carbonyl (C=O) groups is 1. The molecule has 0 saturated carbocycles. The standard InChI is InChI=1S/C16H24N2O2S/c1-2-21(20)13-12-18-15(19)16(8-10-17-11-9-16)14-6-4-3-5-7-14/h3-7,17H,2,8-13H2,1H3,(H,18,19). The predicted octanol–water partition coefficient (Wildman–Crippen LogP) is 1.19. The van der Waals surface area contributed by atoms with E-state index in [1.165, 1.54) is 0 Å². The lowest BCUT2D eigenvalue weighted by atomic mass is 9.72. The zero-order valence-electron chi connectivity index (χ0n) is 12.6. The summed E-state index contributed by atoms with van der Waals surface area (Å²) in [4.78, 5) is 12.8. The fraction of sp³-hybridized carbons (Fsp3) is 0.562. The van der Waals surface area contributed by atoms with Crippen molar-refractivity contribution in [2.45, 2.75) is 25.2 Å². The molecule has 1 aliphatic rings. The Morgan fingerprint density at radius 2 is 1.95 bits per heavy atom. The molecule has 0 spiro atoms. The van der Waals surface area contributed by atoms with Gasteiger partial charge in [-0.2, -0.15) is 0 Å². The molecule has 1 atom stereocenters. The third-order valence-electron chi connectivity index (χ3n) is 4.16. The minimum absolute atomic E-state index is 0.0725. The molecular formula is C16H24N2O2S. The van der Waals surface area contributed by atoms with Crippen LogP contribution in [0.1, 0.15) is 25.3 Å². The maximum Gasteiger partial charge on any atom is 0.230 e. The van der Waals surface area contributed by atoms with Crippen molar-refractivity contribution < 1.29 is 9.00 Å². The number of benzene rings is 1. The molecule has 2 rings (SSSR count). The summed E-state index contributed by atoms with van der Waals surface area (Å²) in [7, 11) is -0.833. The van der Waals surface area contributed by atoms with Gasteiger partial charge >= 0.3 is 0 Å². The molecule has 1 fully saturated rings. The highest BCUT2D eigenvalue weighted by atomic mass is 32.2. The van der Waals surface area contributed by atoms with Crippen LogP contribution >= 0.6 is 0 Å². The van der Waals surface area contributed by atoms with Crippen molar-refractivity contribution in [3.05, 3.63) is 35.9 Å². The molecule has 1 aromatic carbocycles. The molecule has 2 N–H and O–H groups in total. The maximum absolute atomic E-state index is 12.8. The van der Waals surface area contributed by atoms with Crippen molar-refractivity contribution in [3.63, 3.8) is 0 Å². The van der Waals surface area contributed by atoms with Gasteiger partial charge in [0.2, 0.25) is 5.91 Å². The van der Waals surface area contributed by atoms with Crippen molar-refractivity contribution in [2.75, 3.05) is 31.1 Å². The van der Waals surface area contributed by atoms with Gasteiger partial charge in [0.15, 0.2) is 0 Å². The Kier molecular flexibility index (Phi) is 5.94. The first-order chi connectivity index (χ1) is 10.2. The summed E-state index contributed by atoms with van der Waals surface area (Å²) < 4.78 is 11.5. The van der Waals surface area contributed by atoms with E-state index in [-0.39, 0.29) is 5.91 Å². The summed E-state index contributed by atoms with van der Waals surface area (Å²) in [5, 5.41) is 6.32. The summed E-state index contributed by atoms with van der Waals surface area (Å²) >= 11 is 0. The van der Waals surface area contributed by atoms with E-state index in [1.807, 2.05) is 37.3 Å². The lowest BCUT2D eigenvalue weighted by Crippen LogP contribution is -2.51. The summed E-state index contributed by atoms with van der Waals surface area (Å²) in [6.07, 6.45) is 1.61. The van der Waals surface area contributed by atoms with E-state index in [1.54, 1.807) is 0 Å². The van der Waals surface area contributed by atoms with E-state index in [2.05, 4.69) is 10.6 Å². The van der Waals surface area contributed by atoms with E-state index < -0.39 is 16.2 Å². The molecule has 5 heteroatoms. The van der Waals surface area contributed by atoms with Gasteiger partial charge in [-0.25, -0.2) is 0 Å². The van der Waals surface area contributed by atoms with E-state index in [0.29, 0.717) is 18.1 Å². The Morgan fingerprint density at radius 1 is 1.29 bits per heavy atom. The molecule has 4 nitrogen and oxygen atoms in total.